The summed E-state index contributed by atoms with van der Waals surface area (Å²) in [4.78, 5) is 15.6. The number of rotatable bonds is 6. The van der Waals surface area contributed by atoms with Gasteiger partial charge in [0.2, 0.25) is 0 Å². The molecule has 0 fully saturated rings. The average Bonchev–Trinajstić information content (AvgIpc) is 3.62. The molecule has 2 aromatic heterocycles. The number of aromatic nitrogens is 3. The molecule has 0 aliphatic rings. The minimum absolute atomic E-state index is 0.135. The summed E-state index contributed by atoms with van der Waals surface area (Å²) in [6, 6.07) is 61.1. The molecular weight excluding hydrogens is 663 g/mol. The Morgan fingerprint density at radius 3 is 1.72 bits per heavy atom. The maximum Gasteiger partial charge on any atom is 0.165 e. The number of benzene rings is 8. The van der Waals surface area contributed by atoms with Crippen LogP contribution in [-0.4, -0.2) is 20.1 Å². The van der Waals surface area contributed by atoms with Crippen LogP contribution in [0.2, 0.25) is 0 Å². The Bertz CT molecular complexity index is 2990. The zero-order valence-corrected chi connectivity index (χ0v) is 29.0. The van der Waals surface area contributed by atoms with Crippen LogP contribution in [0.3, 0.4) is 0 Å². The Hall–Kier alpha value is -7.37. The number of phenols is 1. The van der Waals surface area contributed by atoms with Crippen molar-refractivity contribution in [2.24, 2.45) is 0 Å². The van der Waals surface area contributed by atoms with Gasteiger partial charge in [0.05, 0.1) is 0 Å². The van der Waals surface area contributed by atoms with Crippen LogP contribution in [0.1, 0.15) is 0 Å². The molecule has 0 spiro atoms. The number of aromatic hydroxyl groups is 1. The summed E-state index contributed by atoms with van der Waals surface area (Å²) < 4.78 is 6.19. The highest BCUT2D eigenvalue weighted by molar-refractivity contribution is 6.07. The van der Waals surface area contributed by atoms with E-state index in [1.807, 2.05) is 91.0 Å². The summed E-state index contributed by atoms with van der Waals surface area (Å²) >= 11 is 0. The fourth-order valence-electron chi connectivity index (χ4n) is 7.37. The number of para-hydroxylation sites is 1. The van der Waals surface area contributed by atoms with Gasteiger partial charge in [-0.2, -0.15) is 0 Å². The van der Waals surface area contributed by atoms with E-state index in [0.29, 0.717) is 28.6 Å². The highest BCUT2D eigenvalue weighted by Crippen LogP contribution is 2.45. The monoisotopic (exact) mass is 693 g/mol. The van der Waals surface area contributed by atoms with Crippen LogP contribution in [0.5, 0.6) is 5.75 Å². The molecule has 10 aromatic rings. The van der Waals surface area contributed by atoms with Gasteiger partial charge in [0.15, 0.2) is 17.5 Å². The molecule has 0 radical (unpaired) electrons. The maximum absolute atomic E-state index is 11.7. The lowest BCUT2D eigenvalue weighted by molar-refractivity contribution is 0.477. The van der Waals surface area contributed by atoms with Gasteiger partial charge in [-0.1, -0.05) is 146 Å². The van der Waals surface area contributed by atoms with Gasteiger partial charge in [-0.15, -0.1) is 0 Å². The standard InChI is InChI=1S/C49H31N3O2/c53-42-27-26-39(37-25-28-44-41(30-37)40-17-9-10-18-43(40)54-44)46(45(42)34-14-5-2-6-15-34)49-51-47(35-22-19-33(20-23-35)31-11-3-1-4-12-31)50-48(52-49)38-24-21-32-13-7-8-16-36(32)29-38/h1-30,53H. The van der Waals surface area contributed by atoms with Gasteiger partial charge in [-0.05, 0) is 75.0 Å². The molecule has 0 aliphatic carbocycles. The second-order valence-electron chi connectivity index (χ2n) is 13.4. The predicted octanol–water partition coefficient (Wildman–Crippen LogP) is 12.6. The molecule has 5 nitrogen and oxygen atoms in total. The first-order chi connectivity index (χ1) is 26.7. The lowest BCUT2D eigenvalue weighted by atomic mass is 9.89. The summed E-state index contributed by atoms with van der Waals surface area (Å²) in [5, 5.41) is 16.0. The molecule has 0 aliphatic heterocycles. The molecule has 0 unspecified atom stereocenters. The van der Waals surface area contributed by atoms with Crippen LogP contribution in [0, 0.1) is 0 Å². The van der Waals surface area contributed by atoms with Gasteiger partial charge in [0.25, 0.3) is 0 Å². The third-order valence-electron chi connectivity index (χ3n) is 10.1. The van der Waals surface area contributed by atoms with Crippen LogP contribution in [0.25, 0.3) is 100 Å². The van der Waals surface area contributed by atoms with Crippen molar-refractivity contribution >= 4 is 32.7 Å². The molecule has 2 heterocycles. The summed E-state index contributed by atoms with van der Waals surface area (Å²) in [5.74, 6) is 1.67. The van der Waals surface area contributed by atoms with E-state index in [1.54, 1.807) is 6.07 Å². The molecule has 5 heteroatoms. The highest BCUT2D eigenvalue weighted by atomic mass is 16.3. The minimum Gasteiger partial charge on any atom is -0.507 e. The number of fused-ring (bicyclic) bond motifs is 4. The number of phenolic OH excluding ortho intramolecular Hbond substituents is 1. The number of nitrogens with zero attached hydrogens (tertiary/aromatic N) is 3. The molecule has 1 N–H and O–H groups in total. The normalized spacial score (nSPS) is 11.4. The number of hydrogen-bond acceptors (Lipinski definition) is 5. The molecule has 0 bridgehead atoms. The van der Waals surface area contributed by atoms with E-state index in [0.717, 1.165) is 71.7 Å². The topological polar surface area (TPSA) is 72.0 Å². The second-order valence-corrected chi connectivity index (χ2v) is 13.4. The lowest BCUT2D eigenvalue weighted by Crippen LogP contribution is -2.02. The first-order valence-corrected chi connectivity index (χ1v) is 17.9. The third kappa shape index (κ3) is 5.56. The Morgan fingerprint density at radius 1 is 0.352 bits per heavy atom. The molecular formula is C49H31N3O2. The van der Waals surface area contributed by atoms with E-state index in [4.69, 9.17) is 19.4 Å². The fraction of sp³-hybridized carbons (Fsp3) is 0. The molecule has 0 atom stereocenters. The Labute approximate surface area is 311 Å². The molecule has 8 aromatic carbocycles. The quantitative estimate of drug-likeness (QED) is 0.188. The summed E-state index contributed by atoms with van der Waals surface area (Å²) in [6.07, 6.45) is 0. The fourth-order valence-corrected chi connectivity index (χ4v) is 7.37. The Kier molecular flexibility index (Phi) is 7.55. The first-order valence-electron chi connectivity index (χ1n) is 17.9. The van der Waals surface area contributed by atoms with Crippen LogP contribution in [-0.2, 0) is 0 Å². The van der Waals surface area contributed by atoms with Crippen molar-refractivity contribution in [3.05, 3.63) is 182 Å². The molecule has 0 amide bonds. The van der Waals surface area contributed by atoms with Crippen molar-refractivity contribution in [1.29, 1.82) is 0 Å². The van der Waals surface area contributed by atoms with Gasteiger partial charge in [-0.3, -0.25) is 0 Å². The average molecular weight is 694 g/mol. The largest absolute Gasteiger partial charge is 0.507 e. The lowest BCUT2D eigenvalue weighted by Gasteiger charge is -2.18. The van der Waals surface area contributed by atoms with E-state index in [9.17, 15) is 5.11 Å². The zero-order valence-electron chi connectivity index (χ0n) is 29.0. The Balaban J connectivity index is 1.24. The van der Waals surface area contributed by atoms with Gasteiger partial charge < -0.3 is 9.52 Å². The molecule has 10 rings (SSSR count). The second kappa shape index (κ2) is 13.0. The van der Waals surface area contributed by atoms with Gasteiger partial charge >= 0.3 is 0 Å². The highest BCUT2D eigenvalue weighted by Gasteiger charge is 2.23. The first kappa shape index (κ1) is 31.4. The van der Waals surface area contributed by atoms with Crippen molar-refractivity contribution in [2.75, 3.05) is 0 Å². The van der Waals surface area contributed by atoms with Gasteiger partial charge in [-0.25, -0.2) is 15.0 Å². The third-order valence-corrected chi connectivity index (χ3v) is 10.1. The van der Waals surface area contributed by atoms with Crippen molar-refractivity contribution in [2.45, 2.75) is 0 Å². The van der Waals surface area contributed by atoms with Crippen molar-refractivity contribution < 1.29 is 9.52 Å². The summed E-state index contributed by atoms with van der Waals surface area (Å²) in [6.45, 7) is 0. The van der Waals surface area contributed by atoms with E-state index >= 15 is 0 Å². The van der Waals surface area contributed by atoms with Crippen LogP contribution >= 0.6 is 0 Å². The molecule has 0 saturated heterocycles. The summed E-state index contributed by atoms with van der Waals surface area (Å²) in [5.41, 5.74) is 9.63. The molecule has 54 heavy (non-hydrogen) atoms. The van der Waals surface area contributed by atoms with E-state index in [-0.39, 0.29) is 5.75 Å². The minimum atomic E-state index is 0.135. The summed E-state index contributed by atoms with van der Waals surface area (Å²) in [7, 11) is 0. The number of furan rings is 1. The van der Waals surface area contributed by atoms with Crippen molar-refractivity contribution in [3.8, 4) is 73.3 Å². The number of hydrogen-bond donors (Lipinski definition) is 1. The maximum atomic E-state index is 11.7. The molecule has 0 saturated carbocycles. The van der Waals surface area contributed by atoms with Crippen LogP contribution in [0.4, 0.5) is 0 Å². The Morgan fingerprint density at radius 2 is 0.926 bits per heavy atom. The SMILES string of the molecule is Oc1ccc(-c2ccc3oc4ccccc4c3c2)c(-c2nc(-c3ccc(-c4ccccc4)cc3)nc(-c3ccc4ccccc4c3)n2)c1-c1ccccc1. The van der Waals surface area contributed by atoms with Crippen molar-refractivity contribution in [3.63, 3.8) is 0 Å². The van der Waals surface area contributed by atoms with E-state index in [2.05, 4.69) is 84.9 Å². The van der Waals surface area contributed by atoms with Crippen molar-refractivity contribution in [1.82, 2.24) is 15.0 Å². The van der Waals surface area contributed by atoms with Gasteiger partial charge in [0, 0.05) is 33.0 Å². The van der Waals surface area contributed by atoms with E-state index < -0.39 is 0 Å². The zero-order chi connectivity index (χ0) is 36.0. The van der Waals surface area contributed by atoms with Crippen LogP contribution in [0.15, 0.2) is 186 Å². The molecule has 254 valence electrons. The van der Waals surface area contributed by atoms with Crippen LogP contribution < -0.4 is 0 Å². The smallest absolute Gasteiger partial charge is 0.165 e. The van der Waals surface area contributed by atoms with Gasteiger partial charge in [0.1, 0.15) is 16.9 Å². The predicted molar refractivity (Wildman–Crippen MR) is 219 cm³/mol. The van der Waals surface area contributed by atoms with E-state index in [1.165, 1.54) is 0 Å².